The summed E-state index contributed by atoms with van der Waals surface area (Å²) in [6.07, 6.45) is -4.26. The summed E-state index contributed by atoms with van der Waals surface area (Å²) in [5.41, 5.74) is -0.294. The maximum absolute atomic E-state index is 13.2. The molecule has 0 bridgehead atoms. The number of carbonyl (C=O) groups excluding carboxylic acids is 1. The Hall–Kier alpha value is -2.22. The molecule has 2 aliphatic rings. The molecule has 1 heterocycles. The highest BCUT2D eigenvalue weighted by molar-refractivity contribution is 8.03. The number of hydrogen-bond donors (Lipinski definition) is 2. The Morgan fingerprint density at radius 3 is 2.65 bits per heavy atom. The number of nitrogens with one attached hydrogen (secondary N) is 1. The number of carboxylic acids is 1. The predicted octanol–water partition coefficient (Wildman–Crippen LogP) is 3.33. The Morgan fingerprint density at radius 1 is 1.30 bits per heavy atom. The summed E-state index contributed by atoms with van der Waals surface area (Å²) in [5, 5.41) is 11.6. The number of carbonyl (C=O) groups is 2. The van der Waals surface area contributed by atoms with Gasteiger partial charge in [0.05, 0.1) is 22.8 Å². The molecule has 4 nitrogen and oxygen atoms in total. The fourth-order valence-electron chi connectivity index (χ4n) is 2.51. The summed E-state index contributed by atoms with van der Waals surface area (Å²) < 4.78 is 39.5. The van der Waals surface area contributed by atoms with Crippen LogP contribution in [0, 0.1) is 5.92 Å². The van der Waals surface area contributed by atoms with Crippen molar-refractivity contribution in [2.45, 2.75) is 17.5 Å². The number of thioether (sulfide) groups is 1. The van der Waals surface area contributed by atoms with Crippen LogP contribution in [0.3, 0.4) is 0 Å². The molecule has 8 heteroatoms. The molecule has 1 amide bonds. The molecule has 1 aliphatic carbocycles. The minimum atomic E-state index is -4.67. The lowest BCUT2D eigenvalue weighted by Gasteiger charge is -2.26. The van der Waals surface area contributed by atoms with Gasteiger partial charge >= 0.3 is 12.1 Å². The molecule has 0 radical (unpaired) electrons. The number of carboxylic acid groups (broad SMARTS) is 1. The molecule has 0 aromatic heterocycles. The van der Waals surface area contributed by atoms with E-state index in [9.17, 15) is 22.8 Å². The SMILES string of the molecule is O=C(O)C1=CC2=C(CC1C(F)(F)F)Sc1ccccc1C(=O)N2. The molecule has 0 spiro atoms. The van der Waals surface area contributed by atoms with Crippen LogP contribution in [0.4, 0.5) is 13.2 Å². The number of benzene rings is 1. The van der Waals surface area contributed by atoms with Crippen molar-refractivity contribution >= 4 is 23.6 Å². The van der Waals surface area contributed by atoms with E-state index in [1.165, 1.54) is 0 Å². The summed E-state index contributed by atoms with van der Waals surface area (Å²) in [4.78, 5) is 24.2. The van der Waals surface area contributed by atoms with E-state index < -0.39 is 36.0 Å². The van der Waals surface area contributed by atoms with Crippen LogP contribution >= 0.6 is 11.8 Å². The van der Waals surface area contributed by atoms with Gasteiger partial charge in [0, 0.05) is 9.80 Å². The summed E-state index contributed by atoms with van der Waals surface area (Å²) in [5.74, 6) is -4.20. The molecule has 120 valence electrons. The molecule has 1 aliphatic heterocycles. The second-order valence-corrected chi connectivity index (χ2v) is 6.23. The van der Waals surface area contributed by atoms with Crippen LogP contribution in [-0.2, 0) is 4.79 Å². The molecular weight excluding hydrogens is 331 g/mol. The average molecular weight is 341 g/mol. The van der Waals surface area contributed by atoms with Crippen LogP contribution in [0.5, 0.6) is 0 Å². The maximum atomic E-state index is 13.2. The predicted molar refractivity (Wildman–Crippen MR) is 76.7 cm³/mol. The van der Waals surface area contributed by atoms with Crippen molar-refractivity contribution in [3.8, 4) is 0 Å². The van der Waals surface area contributed by atoms with Crippen LogP contribution in [0.25, 0.3) is 0 Å². The van der Waals surface area contributed by atoms with E-state index in [4.69, 9.17) is 5.11 Å². The van der Waals surface area contributed by atoms with E-state index >= 15 is 0 Å². The van der Waals surface area contributed by atoms with Gasteiger partial charge in [0.2, 0.25) is 0 Å². The Labute approximate surface area is 133 Å². The number of rotatable bonds is 1. The number of alkyl halides is 3. The largest absolute Gasteiger partial charge is 0.478 e. The highest BCUT2D eigenvalue weighted by Gasteiger charge is 2.47. The zero-order chi connectivity index (χ0) is 16.8. The molecule has 3 rings (SSSR count). The molecule has 1 atom stereocenters. The monoisotopic (exact) mass is 341 g/mol. The van der Waals surface area contributed by atoms with Crippen molar-refractivity contribution in [1.29, 1.82) is 0 Å². The van der Waals surface area contributed by atoms with Crippen LogP contribution < -0.4 is 5.32 Å². The van der Waals surface area contributed by atoms with Crippen LogP contribution in [-0.4, -0.2) is 23.2 Å². The molecule has 1 aromatic carbocycles. The van der Waals surface area contributed by atoms with Gasteiger partial charge in [-0.1, -0.05) is 23.9 Å². The standard InChI is InChI=1S/C15H10F3NO3S/c16-15(17,18)9-6-12-10(5-8(9)14(21)22)19-13(20)7-3-1-2-4-11(7)23-12/h1-5,9H,6H2,(H,19,20)(H,21,22). The van der Waals surface area contributed by atoms with Crippen LogP contribution in [0.15, 0.2) is 51.4 Å². The maximum Gasteiger partial charge on any atom is 0.396 e. The molecule has 0 saturated carbocycles. The summed E-state index contributed by atoms with van der Waals surface area (Å²) in [7, 11) is 0. The fraction of sp³-hybridized carbons (Fsp3) is 0.200. The first kappa shape index (κ1) is 15.7. The van der Waals surface area contributed by atoms with Crippen LogP contribution in [0.2, 0.25) is 0 Å². The molecule has 0 fully saturated rings. The van der Waals surface area contributed by atoms with Crippen molar-refractivity contribution in [3.63, 3.8) is 0 Å². The highest BCUT2D eigenvalue weighted by Crippen LogP contribution is 2.46. The van der Waals surface area contributed by atoms with Crippen LogP contribution in [0.1, 0.15) is 16.8 Å². The van der Waals surface area contributed by atoms with E-state index in [2.05, 4.69) is 5.32 Å². The van der Waals surface area contributed by atoms with Crippen molar-refractivity contribution in [1.82, 2.24) is 5.32 Å². The van der Waals surface area contributed by atoms with Gasteiger partial charge in [-0.05, 0) is 24.6 Å². The van der Waals surface area contributed by atoms with Crippen molar-refractivity contribution in [2.75, 3.05) is 0 Å². The molecule has 2 N–H and O–H groups in total. The lowest BCUT2D eigenvalue weighted by Crippen LogP contribution is -2.32. The first-order valence-corrected chi connectivity index (χ1v) is 7.42. The molecular formula is C15H10F3NO3S. The third kappa shape index (κ3) is 2.86. The van der Waals surface area contributed by atoms with Crippen molar-refractivity contribution in [2.24, 2.45) is 5.92 Å². The average Bonchev–Trinajstić information content (AvgIpc) is 2.60. The topological polar surface area (TPSA) is 66.4 Å². The Balaban J connectivity index is 2.07. The van der Waals surface area contributed by atoms with Crippen molar-refractivity contribution < 1.29 is 27.9 Å². The van der Waals surface area contributed by atoms with Gasteiger partial charge in [-0.3, -0.25) is 4.79 Å². The minimum Gasteiger partial charge on any atom is -0.478 e. The minimum absolute atomic E-state index is 0.120. The Morgan fingerprint density at radius 2 is 2.00 bits per heavy atom. The third-order valence-electron chi connectivity index (χ3n) is 3.62. The summed E-state index contributed by atoms with van der Waals surface area (Å²) in [6.45, 7) is 0. The summed E-state index contributed by atoms with van der Waals surface area (Å²) >= 11 is 1.06. The number of fused-ring (bicyclic) bond motifs is 1. The second-order valence-electron chi connectivity index (χ2n) is 5.09. The van der Waals surface area contributed by atoms with E-state index in [0.29, 0.717) is 15.4 Å². The van der Waals surface area contributed by atoms with Crippen molar-refractivity contribution in [3.05, 3.63) is 52.1 Å². The zero-order valence-corrected chi connectivity index (χ0v) is 12.3. The first-order chi connectivity index (χ1) is 10.8. The van der Waals surface area contributed by atoms with Gasteiger partial charge in [0.25, 0.3) is 5.91 Å². The third-order valence-corrected chi connectivity index (χ3v) is 4.83. The molecule has 23 heavy (non-hydrogen) atoms. The second kappa shape index (κ2) is 5.45. The number of amides is 1. The van der Waals surface area contributed by atoms with Gasteiger partial charge in [0.1, 0.15) is 0 Å². The number of allylic oxidation sites excluding steroid dienone is 2. The van der Waals surface area contributed by atoms with Gasteiger partial charge < -0.3 is 10.4 Å². The lowest BCUT2D eigenvalue weighted by molar-refractivity contribution is -0.169. The first-order valence-electron chi connectivity index (χ1n) is 6.60. The normalized spacial score (nSPS) is 20.9. The van der Waals surface area contributed by atoms with E-state index in [1.807, 2.05) is 0 Å². The quantitative estimate of drug-likeness (QED) is 0.822. The van der Waals surface area contributed by atoms with E-state index in [0.717, 1.165) is 17.8 Å². The molecule has 0 saturated heterocycles. The highest BCUT2D eigenvalue weighted by atomic mass is 32.2. The van der Waals surface area contributed by atoms with Gasteiger partial charge in [-0.15, -0.1) is 0 Å². The smallest absolute Gasteiger partial charge is 0.396 e. The van der Waals surface area contributed by atoms with E-state index in [1.54, 1.807) is 24.3 Å². The number of halogens is 3. The Bertz CT molecular complexity index is 767. The molecule has 1 aromatic rings. The zero-order valence-electron chi connectivity index (χ0n) is 11.5. The van der Waals surface area contributed by atoms with Gasteiger partial charge in [0.15, 0.2) is 0 Å². The van der Waals surface area contributed by atoms with E-state index in [-0.39, 0.29) is 5.70 Å². The molecule has 1 unspecified atom stereocenters. The fourth-order valence-corrected chi connectivity index (χ4v) is 3.67. The number of aliphatic carboxylic acids is 1. The lowest BCUT2D eigenvalue weighted by atomic mass is 9.89. The van der Waals surface area contributed by atoms with Gasteiger partial charge in [-0.25, -0.2) is 4.79 Å². The van der Waals surface area contributed by atoms with Gasteiger partial charge in [-0.2, -0.15) is 13.2 Å². The Kier molecular flexibility index (Phi) is 3.71. The summed E-state index contributed by atoms with van der Waals surface area (Å²) in [6, 6.07) is 6.56. The number of hydrogen-bond acceptors (Lipinski definition) is 3.